The minimum absolute atomic E-state index is 0.116. The Hall–Kier alpha value is -0.900. The molecule has 0 saturated heterocycles. The van der Waals surface area contributed by atoms with Crippen molar-refractivity contribution in [3.63, 3.8) is 0 Å². The van der Waals surface area contributed by atoms with Crippen LogP contribution in [0.2, 0.25) is 0 Å². The van der Waals surface area contributed by atoms with E-state index in [1.165, 1.54) is 19.3 Å². The second-order valence-electron chi connectivity index (χ2n) is 3.45. The van der Waals surface area contributed by atoms with Crippen LogP contribution in [0.1, 0.15) is 25.1 Å². The van der Waals surface area contributed by atoms with Crippen molar-refractivity contribution in [2.45, 2.75) is 24.8 Å². The number of aryl methyl sites for hydroxylation is 1. The van der Waals surface area contributed by atoms with Gasteiger partial charge in [-0.3, -0.25) is 0 Å². The molecule has 1 aromatic rings. The molecule has 1 N–H and O–H groups in total. The number of nitrogens with one attached hydrogen (secondary N) is 1. The molecule has 0 radical (unpaired) electrons. The molecule has 1 aliphatic rings. The molecule has 0 atom stereocenters. The fourth-order valence-electron chi connectivity index (χ4n) is 1.83. The normalized spacial score (nSPS) is 20.5. The summed E-state index contributed by atoms with van der Waals surface area (Å²) in [5, 5.41) is 11.4. The highest BCUT2D eigenvalue weighted by molar-refractivity contribution is 5.10. The molecule has 4 nitrogen and oxygen atoms in total. The summed E-state index contributed by atoms with van der Waals surface area (Å²) in [4.78, 5) is 0. The van der Waals surface area contributed by atoms with Gasteiger partial charge in [0.2, 0.25) is 0 Å². The Morgan fingerprint density at radius 1 is 1.58 bits per heavy atom. The van der Waals surface area contributed by atoms with Gasteiger partial charge in [0.05, 0.1) is 5.54 Å². The maximum atomic E-state index is 4.13. The van der Waals surface area contributed by atoms with Gasteiger partial charge in [0, 0.05) is 7.05 Å². The zero-order chi connectivity index (χ0) is 8.60. The summed E-state index contributed by atoms with van der Waals surface area (Å²) in [5.41, 5.74) is 0.116. The molecular weight excluding hydrogens is 152 g/mol. The molecule has 0 unspecified atom stereocenters. The second-order valence-corrected chi connectivity index (χ2v) is 3.45. The van der Waals surface area contributed by atoms with E-state index in [-0.39, 0.29) is 5.54 Å². The van der Waals surface area contributed by atoms with Gasteiger partial charge in [0.15, 0.2) is 5.82 Å². The maximum Gasteiger partial charge on any atom is 0.152 e. The van der Waals surface area contributed by atoms with Crippen molar-refractivity contribution in [3.8, 4) is 0 Å². The predicted octanol–water partition coefficient (Wildman–Crippen LogP) is 0.414. The summed E-state index contributed by atoms with van der Waals surface area (Å²) in [5.74, 6) is 1.07. The van der Waals surface area contributed by atoms with Crippen LogP contribution >= 0.6 is 0 Å². The summed E-state index contributed by atoms with van der Waals surface area (Å²) in [6, 6.07) is 0. The minimum atomic E-state index is 0.116. The Morgan fingerprint density at radius 2 is 2.33 bits per heavy atom. The van der Waals surface area contributed by atoms with Crippen molar-refractivity contribution in [2.75, 3.05) is 7.05 Å². The average molecular weight is 166 g/mol. The van der Waals surface area contributed by atoms with Gasteiger partial charge >= 0.3 is 0 Å². The Balaban J connectivity index is 2.33. The first-order valence-electron chi connectivity index (χ1n) is 4.32. The molecule has 0 aliphatic heterocycles. The Bertz CT molecular complexity index is 269. The standard InChI is InChI=1S/C8H14N4/c1-9-8(4-3-5-8)7-11-10-6-12(7)2/h6,9H,3-5H2,1-2H3. The molecule has 1 heterocycles. The average Bonchev–Trinajstić information content (AvgIpc) is 2.36. The van der Waals surface area contributed by atoms with E-state index in [0.29, 0.717) is 0 Å². The summed E-state index contributed by atoms with van der Waals surface area (Å²) in [6.45, 7) is 0. The largest absolute Gasteiger partial charge is 0.319 e. The van der Waals surface area contributed by atoms with E-state index in [9.17, 15) is 0 Å². The molecule has 1 saturated carbocycles. The van der Waals surface area contributed by atoms with Crippen LogP contribution < -0.4 is 5.32 Å². The van der Waals surface area contributed by atoms with Crippen molar-refractivity contribution < 1.29 is 0 Å². The lowest BCUT2D eigenvalue weighted by molar-refractivity contribution is 0.182. The molecule has 1 aromatic heterocycles. The smallest absolute Gasteiger partial charge is 0.152 e. The van der Waals surface area contributed by atoms with Crippen LogP contribution in [0.4, 0.5) is 0 Å². The molecule has 0 bridgehead atoms. The van der Waals surface area contributed by atoms with Crippen molar-refractivity contribution in [1.29, 1.82) is 0 Å². The van der Waals surface area contributed by atoms with Crippen LogP contribution in [0.5, 0.6) is 0 Å². The quantitative estimate of drug-likeness (QED) is 0.692. The van der Waals surface area contributed by atoms with E-state index in [1.54, 1.807) is 6.33 Å². The van der Waals surface area contributed by atoms with Gasteiger partial charge in [0.1, 0.15) is 6.33 Å². The first kappa shape index (κ1) is 7.73. The van der Waals surface area contributed by atoms with Crippen LogP contribution in [0.25, 0.3) is 0 Å². The van der Waals surface area contributed by atoms with E-state index in [0.717, 1.165) is 5.82 Å². The molecule has 0 aromatic carbocycles. The molecule has 2 rings (SSSR count). The Labute approximate surface area is 72.0 Å². The number of hydrogen-bond acceptors (Lipinski definition) is 3. The fourth-order valence-corrected chi connectivity index (χ4v) is 1.83. The highest BCUT2D eigenvalue weighted by atomic mass is 15.3. The van der Waals surface area contributed by atoms with Gasteiger partial charge in [-0.1, -0.05) is 0 Å². The van der Waals surface area contributed by atoms with Crippen LogP contribution in [0.3, 0.4) is 0 Å². The van der Waals surface area contributed by atoms with Gasteiger partial charge < -0.3 is 9.88 Å². The minimum Gasteiger partial charge on any atom is -0.319 e. The van der Waals surface area contributed by atoms with E-state index >= 15 is 0 Å². The van der Waals surface area contributed by atoms with Gasteiger partial charge in [-0.15, -0.1) is 10.2 Å². The highest BCUT2D eigenvalue weighted by Crippen LogP contribution is 2.39. The van der Waals surface area contributed by atoms with Crippen molar-refractivity contribution in [1.82, 2.24) is 20.1 Å². The molecular formula is C8H14N4. The number of aromatic nitrogens is 3. The number of nitrogens with zero attached hydrogens (tertiary/aromatic N) is 3. The number of rotatable bonds is 2. The lowest BCUT2D eigenvalue weighted by Crippen LogP contribution is -2.47. The van der Waals surface area contributed by atoms with E-state index in [1.807, 2.05) is 18.7 Å². The van der Waals surface area contributed by atoms with E-state index in [2.05, 4.69) is 15.5 Å². The zero-order valence-electron chi connectivity index (χ0n) is 7.54. The first-order valence-corrected chi connectivity index (χ1v) is 4.32. The topological polar surface area (TPSA) is 42.7 Å². The third kappa shape index (κ3) is 0.876. The molecule has 4 heteroatoms. The van der Waals surface area contributed by atoms with Crippen LogP contribution in [0.15, 0.2) is 6.33 Å². The van der Waals surface area contributed by atoms with Gasteiger partial charge in [-0.05, 0) is 26.3 Å². The molecule has 66 valence electrons. The van der Waals surface area contributed by atoms with Crippen LogP contribution in [-0.4, -0.2) is 21.8 Å². The van der Waals surface area contributed by atoms with E-state index < -0.39 is 0 Å². The second kappa shape index (κ2) is 2.55. The first-order chi connectivity index (χ1) is 5.78. The molecule has 0 amide bonds. The molecule has 1 fully saturated rings. The van der Waals surface area contributed by atoms with Crippen molar-refractivity contribution in [3.05, 3.63) is 12.2 Å². The lowest BCUT2D eigenvalue weighted by Gasteiger charge is -2.40. The fraction of sp³-hybridized carbons (Fsp3) is 0.750. The summed E-state index contributed by atoms with van der Waals surface area (Å²) in [6.07, 6.45) is 5.40. The van der Waals surface area contributed by atoms with E-state index in [4.69, 9.17) is 0 Å². The molecule has 12 heavy (non-hydrogen) atoms. The van der Waals surface area contributed by atoms with Crippen molar-refractivity contribution >= 4 is 0 Å². The highest BCUT2D eigenvalue weighted by Gasteiger charge is 2.40. The van der Waals surface area contributed by atoms with Crippen molar-refractivity contribution in [2.24, 2.45) is 7.05 Å². The third-order valence-corrected chi connectivity index (χ3v) is 2.83. The van der Waals surface area contributed by atoms with Crippen LogP contribution in [0, 0.1) is 0 Å². The third-order valence-electron chi connectivity index (χ3n) is 2.83. The maximum absolute atomic E-state index is 4.13. The Kier molecular flexibility index (Phi) is 1.65. The Morgan fingerprint density at radius 3 is 2.67 bits per heavy atom. The summed E-state index contributed by atoms with van der Waals surface area (Å²) in [7, 11) is 3.99. The summed E-state index contributed by atoms with van der Waals surface area (Å²) >= 11 is 0. The monoisotopic (exact) mass is 166 g/mol. The lowest BCUT2D eigenvalue weighted by atomic mass is 9.76. The number of hydrogen-bond donors (Lipinski definition) is 1. The SMILES string of the molecule is CNC1(c2nncn2C)CCC1. The zero-order valence-corrected chi connectivity index (χ0v) is 7.54. The predicted molar refractivity (Wildman–Crippen MR) is 45.6 cm³/mol. The van der Waals surface area contributed by atoms with Gasteiger partial charge in [-0.2, -0.15) is 0 Å². The molecule has 0 spiro atoms. The summed E-state index contributed by atoms with van der Waals surface area (Å²) < 4.78 is 2.00. The van der Waals surface area contributed by atoms with Crippen LogP contribution in [-0.2, 0) is 12.6 Å². The van der Waals surface area contributed by atoms with Gasteiger partial charge in [0.25, 0.3) is 0 Å². The molecule has 1 aliphatic carbocycles. The van der Waals surface area contributed by atoms with Gasteiger partial charge in [-0.25, -0.2) is 0 Å².